The van der Waals surface area contributed by atoms with Gasteiger partial charge in [0.25, 0.3) is 0 Å². The monoisotopic (exact) mass is 225 g/mol. The third-order valence-electron chi connectivity index (χ3n) is 1.45. The van der Waals surface area contributed by atoms with Crippen molar-refractivity contribution in [3.05, 3.63) is 26.9 Å². The molecule has 1 aromatic heterocycles. The zero-order chi connectivity index (χ0) is 11.4. The van der Waals surface area contributed by atoms with Crippen LogP contribution >= 0.6 is 11.6 Å². The molecule has 0 aromatic carbocycles. The van der Waals surface area contributed by atoms with Gasteiger partial charge in [-0.05, 0) is 5.92 Å². The summed E-state index contributed by atoms with van der Waals surface area (Å²) in [6.45, 7) is 0. The first kappa shape index (κ1) is 10.9. The number of carbonyl (C=O) groups excluding carboxylic acids is 1. The molecule has 0 saturated carbocycles. The number of nitrogens with zero attached hydrogens (tertiary/aromatic N) is 2. The van der Waals surface area contributed by atoms with E-state index >= 15 is 0 Å². The predicted octanol–water partition coefficient (Wildman–Crippen LogP) is 0.776. The van der Waals surface area contributed by atoms with Crippen molar-refractivity contribution < 1.29 is 9.72 Å². The molecule has 0 aliphatic rings. The number of hydrogen-bond donors (Lipinski definition) is 1. The number of aromatic nitrogens is 1. The number of anilines is 1. The minimum atomic E-state index is -0.704. The second-order valence-corrected chi connectivity index (χ2v) is 2.73. The van der Waals surface area contributed by atoms with Crippen molar-refractivity contribution in [1.82, 2.24) is 4.98 Å². The Bertz CT molecular complexity index is 490. The van der Waals surface area contributed by atoms with E-state index in [-0.39, 0.29) is 16.5 Å². The van der Waals surface area contributed by atoms with Crippen molar-refractivity contribution in [2.24, 2.45) is 0 Å². The Balaban J connectivity index is 3.35. The first-order valence-electron chi connectivity index (χ1n) is 3.62. The minimum Gasteiger partial charge on any atom is -0.378 e. The molecule has 0 fully saturated rings. The van der Waals surface area contributed by atoms with E-state index in [1.165, 1.54) is 0 Å². The zero-order valence-electron chi connectivity index (χ0n) is 7.23. The summed E-state index contributed by atoms with van der Waals surface area (Å²) >= 11 is 5.61. The van der Waals surface area contributed by atoms with Crippen LogP contribution in [0.15, 0.2) is 6.07 Å². The van der Waals surface area contributed by atoms with Gasteiger partial charge >= 0.3 is 5.69 Å². The molecule has 0 unspecified atom stereocenters. The summed E-state index contributed by atoms with van der Waals surface area (Å²) in [5, 5.41) is 10.4. The Morgan fingerprint density at radius 3 is 2.87 bits per heavy atom. The summed E-state index contributed by atoms with van der Waals surface area (Å²) in [5.74, 6) is 4.10. The fourth-order valence-electron chi connectivity index (χ4n) is 0.835. The number of nitrogen functional groups attached to an aromatic ring is 1. The average molecular weight is 226 g/mol. The molecule has 0 atom stereocenters. The van der Waals surface area contributed by atoms with E-state index in [1.54, 1.807) is 0 Å². The molecular formula is C8H4ClN3O3. The second kappa shape index (κ2) is 4.39. The molecule has 76 valence electrons. The molecule has 0 bridgehead atoms. The van der Waals surface area contributed by atoms with Crippen LogP contribution in [0, 0.1) is 22.0 Å². The van der Waals surface area contributed by atoms with Crippen molar-refractivity contribution in [2.75, 3.05) is 5.73 Å². The number of rotatable bonds is 1. The third-order valence-corrected chi connectivity index (χ3v) is 1.73. The van der Waals surface area contributed by atoms with E-state index in [0.717, 1.165) is 6.07 Å². The van der Waals surface area contributed by atoms with Crippen LogP contribution in [-0.2, 0) is 4.79 Å². The molecule has 0 radical (unpaired) electrons. The Morgan fingerprint density at radius 1 is 1.67 bits per heavy atom. The molecule has 0 saturated heterocycles. The maximum absolute atomic E-state index is 10.5. The van der Waals surface area contributed by atoms with Gasteiger partial charge in [0.1, 0.15) is 5.15 Å². The molecule has 0 amide bonds. The Hall–Kier alpha value is -2.13. The van der Waals surface area contributed by atoms with Crippen molar-refractivity contribution in [3.63, 3.8) is 0 Å². The molecule has 0 aliphatic heterocycles. The second-order valence-electron chi connectivity index (χ2n) is 2.38. The van der Waals surface area contributed by atoms with Crippen molar-refractivity contribution in [2.45, 2.75) is 0 Å². The summed E-state index contributed by atoms with van der Waals surface area (Å²) in [6, 6.07) is 1.07. The molecule has 6 nitrogen and oxygen atoms in total. The first-order chi connectivity index (χ1) is 7.06. The summed E-state index contributed by atoms with van der Waals surface area (Å²) in [5.41, 5.74) is 4.96. The van der Waals surface area contributed by atoms with Gasteiger partial charge in [0.05, 0.1) is 10.5 Å². The van der Waals surface area contributed by atoms with E-state index in [0.29, 0.717) is 6.29 Å². The highest BCUT2D eigenvalue weighted by Crippen LogP contribution is 2.24. The highest BCUT2D eigenvalue weighted by molar-refractivity contribution is 6.30. The lowest BCUT2D eigenvalue weighted by atomic mass is 10.2. The van der Waals surface area contributed by atoms with Gasteiger partial charge in [-0.3, -0.25) is 14.9 Å². The number of carbonyl (C=O) groups is 1. The van der Waals surface area contributed by atoms with Gasteiger partial charge in [0.15, 0.2) is 6.29 Å². The Kier molecular flexibility index (Phi) is 3.21. The number of aldehydes is 1. The fraction of sp³-hybridized carbons (Fsp3) is 0. The number of nitro groups is 1. The van der Waals surface area contributed by atoms with Crippen LogP contribution in [0.1, 0.15) is 5.56 Å². The van der Waals surface area contributed by atoms with Gasteiger partial charge in [-0.15, -0.1) is 0 Å². The summed E-state index contributed by atoms with van der Waals surface area (Å²) in [4.78, 5) is 23.3. The number of hydrogen-bond acceptors (Lipinski definition) is 5. The van der Waals surface area contributed by atoms with Crippen LogP contribution < -0.4 is 5.73 Å². The maximum atomic E-state index is 10.5. The summed E-state index contributed by atoms with van der Waals surface area (Å²) in [6.07, 6.45) is 0.346. The highest BCUT2D eigenvalue weighted by Gasteiger charge is 2.15. The summed E-state index contributed by atoms with van der Waals surface area (Å²) in [7, 11) is 0. The van der Waals surface area contributed by atoms with Crippen LogP contribution in [0.2, 0.25) is 5.15 Å². The normalized spacial score (nSPS) is 8.87. The minimum absolute atomic E-state index is 0.0764. The molecule has 1 aromatic rings. The first-order valence-corrected chi connectivity index (χ1v) is 3.99. The fourth-order valence-corrected chi connectivity index (χ4v) is 1.03. The van der Waals surface area contributed by atoms with Gasteiger partial charge in [0.2, 0.25) is 5.82 Å². The number of halogens is 1. The molecule has 15 heavy (non-hydrogen) atoms. The van der Waals surface area contributed by atoms with E-state index in [4.69, 9.17) is 17.3 Å². The molecule has 0 aliphatic carbocycles. The molecule has 1 rings (SSSR count). The largest absolute Gasteiger partial charge is 0.378 e. The lowest BCUT2D eigenvalue weighted by Gasteiger charge is -1.98. The molecular weight excluding hydrogens is 222 g/mol. The van der Waals surface area contributed by atoms with Gasteiger partial charge in [-0.1, -0.05) is 17.5 Å². The molecule has 1 heterocycles. The van der Waals surface area contributed by atoms with Crippen molar-refractivity contribution in [1.29, 1.82) is 0 Å². The van der Waals surface area contributed by atoms with Crippen LogP contribution in [-0.4, -0.2) is 16.2 Å². The quantitative estimate of drug-likeness (QED) is 0.250. The van der Waals surface area contributed by atoms with E-state index in [9.17, 15) is 14.9 Å². The Labute approximate surface area is 89.2 Å². The van der Waals surface area contributed by atoms with Crippen LogP contribution in [0.5, 0.6) is 0 Å². The average Bonchev–Trinajstić information content (AvgIpc) is 2.16. The maximum Gasteiger partial charge on any atom is 0.312 e. The zero-order valence-corrected chi connectivity index (χ0v) is 7.99. The van der Waals surface area contributed by atoms with E-state index < -0.39 is 10.6 Å². The van der Waals surface area contributed by atoms with Crippen LogP contribution in [0.4, 0.5) is 11.5 Å². The van der Waals surface area contributed by atoms with E-state index in [2.05, 4.69) is 16.8 Å². The molecule has 2 N–H and O–H groups in total. The van der Waals surface area contributed by atoms with Gasteiger partial charge in [-0.2, -0.15) is 0 Å². The smallest absolute Gasteiger partial charge is 0.312 e. The standard InChI is InChI=1S/C8H4ClN3O3/c9-7-5(2-1-3-13)4-6(12(14)15)8(10)11-7/h3-4H,(H2,10,11). The van der Waals surface area contributed by atoms with Gasteiger partial charge in [0, 0.05) is 6.07 Å². The van der Waals surface area contributed by atoms with Crippen LogP contribution in [0.25, 0.3) is 0 Å². The molecule has 0 spiro atoms. The third kappa shape index (κ3) is 2.42. The lowest BCUT2D eigenvalue weighted by molar-refractivity contribution is -0.384. The SMILES string of the molecule is Nc1nc(Cl)c(C#CC=O)cc1[N+](=O)[O-]. The highest BCUT2D eigenvalue weighted by atomic mass is 35.5. The van der Waals surface area contributed by atoms with Gasteiger partial charge < -0.3 is 5.73 Å². The van der Waals surface area contributed by atoms with Gasteiger partial charge in [-0.25, -0.2) is 4.98 Å². The lowest BCUT2D eigenvalue weighted by Crippen LogP contribution is -2.00. The summed E-state index contributed by atoms with van der Waals surface area (Å²) < 4.78 is 0. The van der Waals surface area contributed by atoms with Crippen molar-refractivity contribution >= 4 is 29.4 Å². The Morgan fingerprint density at radius 2 is 2.33 bits per heavy atom. The number of nitrogens with two attached hydrogens (primary N) is 1. The predicted molar refractivity (Wildman–Crippen MR) is 53.3 cm³/mol. The molecule has 7 heteroatoms. The van der Waals surface area contributed by atoms with Crippen LogP contribution in [0.3, 0.4) is 0 Å². The van der Waals surface area contributed by atoms with E-state index in [1.807, 2.05) is 0 Å². The topological polar surface area (TPSA) is 99.1 Å². The number of pyridine rings is 1. The van der Waals surface area contributed by atoms with Crippen molar-refractivity contribution in [3.8, 4) is 11.8 Å².